The normalized spacial score (nSPS) is 12.4. The third-order valence-electron chi connectivity index (χ3n) is 5.71. The van der Waals surface area contributed by atoms with E-state index in [0.29, 0.717) is 5.71 Å². The smallest absolute Gasteiger partial charge is 0.329 e. The zero-order chi connectivity index (χ0) is 27.4. The quantitative estimate of drug-likeness (QED) is 0.141. The summed E-state index contributed by atoms with van der Waals surface area (Å²) in [5.41, 5.74) is 3.40. The van der Waals surface area contributed by atoms with Crippen LogP contribution in [0.3, 0.4) is 0 Å². The number of carbonyl (C=O) groups is 3. The highest BCUT2D eigenvalue weighted by Crippen LogP contribution is 2.48. The summed E-state index contributed by atoms with van der Waals surface area (Å²) in [6.45, 7) is 2.77. The lowest BCUT2D eigenvalue weighted by atomic mass is 9.84. The van der Waals surface area contributed by atoms with Crippen LogP contribution in [0.25, 0.3) is 0 Å². The molecular weight excluding hydrogens is 502 g/mol. The van der Waals surface area contributed by atoms with Gasteiger partial charge in [0.1, 0.15) is 13.2 Å². The number of benzene rings is 3. The molecule has 3 aromatic carbocycles. The highest BCUT2D eigenvalue weighted by atomic mass is 32.2. The molecule has 3 aromatic rings. The van der Waals surface area contributed by atoms with E-state index in [-0.39, 0.29) is 25.4 Å². The molecule has 198 valence electrons. The van der Waals surface area contributed by atoms with Crippen LogP contribution in [0.1, 0.15) is 37.0 Å². The summed E-state index contributed by atoms with van der Waals surface area (Å²) in [4.78, 5) is 39.5. The average molecular weight is 534 g/mol. The highest BCUT2D eigenvalue weighted by Gasteiger charge is 2.38. The Labute approximate surface area is 226 Å². The molecule has 0 fully saturated rings. The monoisotopic (exact) mass is 533 g/mol. The first-order valence-corrected chi connectivity index (χ1v) is 13.2. The van der Waals surface area contributed by atoms with Gasteiger partial charge < -0.3 is 14.6 Å². The Kier molecular flexibility index (Phi) is 10.7. The van der Waals surface area contributed by atoms with Crippen LogP contribution in [0.15, 0.2) is 96.0 Å². The summed E-state index contributed by atoms with van der Waals surface area (Å²) in [6, 6.07) is 28.9. The van der Waals surface area contributed by atoms with Gasteiger partial charge in [-0.1, -0.05) is 91.0 Å². The largest absolute Gasteiger partial charge is 0.480 e. The molecule has 7 nitrogen and oxygen atoms in total. The number of rotatable bonds is 13. The van der Waals surface area contributed by atoms with Gasteiger partial charge in [0.05, 0.1) is 11.2 Å². The van der Waals surface area contributed by atoms with Crippen molar-refractivity contribution in [3.8, 4) is 0 Å². The van der Waals surface area contributed by atoms with Crippen molar-refractivity contribution in [3.05, 3.63) is 108 Å². The topological polar surface area (TPSA) is 102 Å². The summed E-state index contributed by atoms with van der Waals surface area (Å²) < 4.78 is 9.10. The molecule has 0 saturated carbocycles. The van der Waals surface area contributed by atoms with Crippen molar-refractivity contribution in [2.45, 2.75) is 31.1 Å². The number of carbonyl (C=O) groups excluding carboxylic acids is 2. The van der Waals surface area contributed by atoms with Crippen molar-refractivity contribution in [1.82, 2.24) is 0 Å². The van der Waals surface area contributed by atoms with E-state index in [9.17, 15) is 19.5 Å². The zero-order valence-electron chi connectivity index (χ0n) is 21.4. The van der Waals surface area contributed by atoms with Gasteiger partial charge in [-0.25, -0.2) is 4.79 Å². The van der Waals surface area contributed by atoms with E-state index >= 15 is 0 Å². The van der Waals surface area contributed by atoms with Gasteiger partial charge in [0.2, 0.25) is 0 Å². The molecule has 0 aliphatic rings. The molecule has 0 unspecified atom stereocenters. The maximum absolute atomic E-state index is 12.2. The molecule has 0 spiro atoms. The zero-order valence-corrected chi connectivity index (χ0v) is 22.2. The van der Waals surface area contributed by atoms with Crippen LogP contribution in [-0.2, 0) is 28.6 Å². The fraction of sp³-hybridized carbons (Fsp3) is 0.267. The minimum Gasteiger partial charge on any atom is -0.480 e. The van der Waals surface area contributed by atoms with Crippen LogP contribution in [0.2, 0.25) is 0 Å². The van der Waals surface area contributed by atoms with Gasteiger partial charge in [-0.2, -0.15) is 0 Å². The number of carboxylic acids is 1. The summed E-state index contributed by atoms with van der Waals surface area (Å²) in [6.07, 6.45) is -0.157. The number of aliphatic imine (C=N–C) groups is 1. The van der Waals surface area contributed by atoms with Crippen molar-refractivity contribution in [2.75, 3.05) is 19.0 Å². The van der Waals surface area contributed by atoms with Gasteiger partial charge in [0, 0.05) is 18.4 Å². The van der Waals surface area contributed by atoms with E-state index in [1.54, 1.807) is 6.92 Å². The van der Waals surface area contributed by atoms with Gasteiger partial charge in [-0.15, -0.1) is 11.8 Å². The van der Waals surface area contributed by atoms with Crippen LogP contribution in [0.5, 0.6) is 0 Å². The molecular formula is C30H31NO6S. The molecule has 3 rings (SSSR count). The van der Waals surface area contributed by atoms with Gasteiger partial charge >= 0.3 is 17.9 Å². The lowest BCUT2D eigenvalue weighted by molar-refractivity contribution is -0.150. The number of ether oxygens (including phenoxy) is 2. The minimum absolute atomic E-state index is 0.0355. The molecule has 0 aliphatic carbocycles. The minimum atomic E-state index is -1.08. The number of nitrogens with zero attached hydrogens (tertiary/aromatic N) is 1. The van der Waals surface area contributed by atoms with Gasteiger partial charge in [0.15, 0.2) is 6.04 Å². The number of aliphatic carboxylic acids is 1. The molecule has 0 amide bonds. The number of thioether (sulfide) groups is 1. The first-order valence-electron chi connectivity index (χ1n) is 12.2. The van der Waals surface area contributed by atoms with E-state index in [0.717, 1.165) is 16.7 Å². The van der Waals surface area contributed by atoms with E-state index in [2.05, 4.69) is 4.99 Å². The van der Waals surface area contributed by atoms with E-state index in [1.165, 1.54) is 18.7 Å². The molecule has 0 aromatic heterocycles. The maximum atomic E-state index is 12.2. The Morgan fingerprint density at radius 1 is 0.789 bits per heavy atom. The summed E-state index contributed by atoms with van der Waals surface area (Å²) in [5.74, 6) is -1.95. The maximum Gasteiger partial charge on any atom is 0.329 e. The molecule has 1 atom stereocenters. The van der Waals surface area contributed by atoms with Crippen LogP contribution >= 0.6 is 11.8 Å². The number of hydrogen-bond donors (Lipinski definition) is 1. The van der Waals surface area contributed by atoms with Crippen LogP contribution < -0.4 is 0 Å². The molecule has 1 N–H and O–H groups in total. The SMILES string of the molecule is CC(=O)OCCOC(=O)CC(C)=N[C@H](CSC(c1ccccc1)(c1ccccc1)c1ccccc1)C(=O)O. The number of hydrogen-bond acceptors (Lipinski definition) is 7. The van der Waals surface area contributed by atoms with Crippen molar-refractivity contribution in [1.29, 1.82) is 0 Å². The van der Waals surface area contributed by atoms with Crippen LogP contribution in [-0.4, -0.2) is 53.7 Å². The molecule has 0 saturated heterocycles. The highest BCUT2D eigenvalue weighted by molar-refractivity contribution is 8.00. The standard InChI is InChI=1S/C30H31NO6S/c1-22(20-28(33)37-19-18-36-23(2)32)31-27(29(34)35)21-38-30(24-12-6-3-7-13-24,25-14-8-4-9-15-25)26-16-10-5-11-17-26/h3-17,27H,18-21H2,1-2H3,(H,34,35)/t27-/m1/s1. The van der Waals surface area contributed by atoms with E-state index in [1.807, 2.05) is 91.0 Å². The fourth-order valence-electron chi connectivity index (χ4n) is 4.05. The Balaban J connectivity index is 1.87. The van der Waals surface area contributed by atoms with Crippen LogP contribution in [0.4, 0.5) is 0 Å². The Bertz CT molecular complexity index is 1130. The van der Waals surface area contributed by atoms with Gasteiger partial charge in [0.25, 0.3) is 0 Å². The molecule has 8 heteroatoms. The molecule has 38 heavy (non-hydrogen) atoms. The van der Waals surface area contributed by atoms with E-state index in [4.69, 9.17) is 9.47 Å². The lowest BCUT2D eigenvalue weighted by Gasteiger charge is -2.36. The van der Waals surface area contributed by atoms with Crippen molar-refractivity contribution in [3.63, 3.8) is 0 Å². The molecule has 0 aliphatic heterocycles. The molecule has 0 heterocycles. The Morgan fingerprint density at radius 2 is 1.24 bits per heavy atom. The first kappa shape index (κ1) is 28.7. The summed E-state index contributed by atoms with van der Waals surface area (Å²) >= 11 is 1.49. The number of esters is 2. The van der Waals surface area contributed by atoms with Crippen molar-refractivity contribution in [2.24, 2.45) is 4.99 Å². The Hall–Kier alpha value is -3.91. The first-order chi connectivity index (χ1) is 18.3. The average Bonchev–Trinajstić information content (AvgIpc) is 2.92. The molecule has 0 bridgehead atoms. The third-order valence-corrected chi connectivity index (χ3v) is 7.33. The van der Waals surface area contributed by atoms with Crippen molar-refractivity contribution < 1.29 is 29.0 Å². The Morgan fingerprint density at radius 3 is 1.66 bits per heavy atom. The molecule has 0 radical (unpaired) electrons. The number of carboxylic acid groups (broad SMARTS) is 1. The second kappa shape index (κ2) is 14.1. The second-order valence-electron chi connectivity index (χ2n) is 8.55. The summed E-state index contributed by atoms with van der Waals surface area (Å²) in [7, 11) is 0. The van der Waals surface area contributed by atoms with Gasteiger partial charge in [-0.05, 0) is 23.6 Å². The predicted molar refractivity (Wildman–Crippen MR) is 148 cm³/mol. The van der Waals surface area contributed by atoms with Gasteiger partial charge in [-0.3, -0.25) is 14.6 Å². The second-order valence-corrected chi connectivity index (χ2v) is 9.78. The summed E-state index contributed by atoms with van der Waals surface area (Å²) in [5, 5.41) is 10.0. The lowest BCUT2D eigenvalue weighted by Crippen LogP contribution is -2.30. The van der Waals surface area contributed by atoms with E-state index < -0.39 is 28.7 Å². The van der Waals surface area contributed by atoms with Crippen LogP contribution in [0, 0.1) is 0 Å². The predicted octanol–water partition coefficient (Wildman–Crippen LogP) is 5.12. The van der Waals surface area contributed by atoms with Crippen molar-refractivity contribution >= 4 is 35.4 Å². The fourth-order valence-corrected chi connectivity index (χ4v) is 5.58. The third kappa shape index (κ3) is 7.79.